The van der Waals surface area contributed by atoms with Gasteiger partial charge >= 0.3 is 0 Å². The standard InChI is InChI=1S/C19H32N6O.HI/c1-20-18(23-11-16-26-17-7-4-2-3-5-8-17)24-12-14-25(15-13-24)19-21-9-6-10-22-19;/h6,9-10,17H,2-5,7-8,11-16H2,1H3,(H,20,23);1H. The molecule has 2 heterocycles. The van der Waals surface area contributed by atoms with E-state index >= 15 is 0 Å². The molecule has 0 aromatic carbocycles. The summed E-state index contributed by atoms with van der Waals surface area (Å²) in [5.41, 5.74) is 0. The van der Waals surface area contributed by atoms with Crippen LogP contribution in [0.15, 0.2) is 23.5 Å². The van der Waals surface area contributed by atoms with Gasteiger partial charge in [-0.3, -0.25) is 4.99 Å². The number of halogens is 1. The molecule has 1 saturated carbocycles. The van der Waals surface area contributed by atoms with Crippen LogP contribution in [0.25, 0.3) is 0 Å². The molecule has 1 aromatic rings. The molecule has 1 N–H and O–H groups in total. The summed E-state index contributed by atoms with van der Waals surface area (Å²) in [6.07, 6.45) is 11.8. The van der Waals surface area contributed by atoms with Crippen molar-refractivity contribution in [3.63, 3.8) is 0 Å². The van der Waals surface area contributed by atoms with Crippen LogP contribution in [0.4, 0.5) is 5.95 Å². The third-order valence-corrected chi connectivity index (χ3v) is 5.17. The Kier molecular flexibility index (Phi) is 10.1. The monoisotopic (exact) mass is 488 g/mol. The number of nitrogens with one attached hydrogen (secondary N) is 1. The summed E-state index contributed by atoms with van der Waals surface area (Å²) < 4.78 is 6.06. The normalized spacial score (nSPS) is 19.4. The summed E-state index contributed by atoms with van der Waals surface area (Å²) in [5, 5.41) is 3.45. The highest BCUT2D eigenvalue weighted by Crippen LogP contribution is 2.19. The lowest BCUT2D eigenvalue weighted by Gasteiger charge is -2.36. The second-order valence-electron chi connectivity index (χ2n) is 6.98. The first-order valence-corrected chi connectivity index (χ1v) is 9.96. The summed E-state index contributed by atoms with van der Waals surface area (Å²) in [5.74, 6) is 1.77. The molecule has 1 aromatic heterocycles. The van der Waals surface area contributed by atoms with E-state index in [-0.39, 0.29) is 24.0 Å². The van der Waals surface area contributed by atoms with Crippen molar-refractivity contribution in [2.24, 2.45) is 4.99 Å². The Morgan fingerprint density at radius 3 is 2.41 bits per heavy atom. The number of nitrogens with zero attached hydrogens (tertiary/aromatic N) is 5. The Balaban J connectivity index is 0.00000261. The van der Waals surface area contributed by atoms with E-state index in [1.807, 2.05) is 13.1 Å². The topological polar surface area (TPSA) is 65.9 Å². The number of hydrogen-bond donors (Lipinski definition) is 1. The summed E-state index contributed by atoms with van der Waals surface area (Å²) >= 11 is 0. The first kappa shape index (κ1) is 22.1. The molecule has 1 aliphatic heterocycles. The first-order valence-electron chi connectivity index (χ1n) is 9.96. The molecule has 8 heteroatoms. The molecule has 0 amide bonds. The lowest BCUT2D eigenvalue weighted by atomic mass is 10.1. The van der Waals surface area contributed by atoms with Gasteiger partial charge in [0.2, 0.25) is 5.95 Å². The maximum atomic E-state index is 6.06. The number of guanidine groups is 1. The maximum absolute atomic E-state index is 6.06. The minimum Gasteiger partial charge on any atom is -0.376 e. The lowest BCUT2D eigenvalue weighted by Crippen LogP contribution is -2.53. The number of anilines is 1. The van der Waals surface area contributed by atoms with E-state index in [0.717, 1.165) is 51.2 Å². The second-order valence-corrected chi connectivity index (χ2v) is 6.98. The van der Waals surface area contributed by atoms with Crippen LogP contribution < -0.4 is 10.2 Å². The van der Waals surface area contributed by atoms with Crippen molar-refractivity contribution in [2.45, 2.75) is 44.6 Å². The molecule has 0 bridgehead atoms. The van der Waals surface area contributed by atoms with E-state index in [4.69, 9.17) is 4.74 Å². The highest BCUT2D eigenvalue weighted by atomic mass is 127. The summed E-state index contributed by atoms with van der Waals surface area (Å²) in [4.78, 5) is 17.6. The van der Waals surface area contributed by atoms with Crippen LogP contribution in [-0.4, -0.2) is 73.3 Å². The second kappa shape index (κ2) is 12.3. The predicted octanol–water partition coefficient (Wildman–Crippen LogP) is 2.53. The minimum absolute atomic E-state index is 0. The molecule has 3 rings (SSSR count). The van der Waals surface area contributed by atoms with Gasteiger partial charge < -0.3 is 19.9 Å². The number of ether oxygens (including phenoxy) is 1. The zero-order valence-electron chi connectivity index (χ0n) is 16.3. The van der Waals surface area contributed by atoms with Gasteiger partial charge in [-0.25, -0.2) is 9.97 Å². The van der Waals surface area contributed by atoms with Crippen molar-refractivity contribution in [3.8, 4) is 0 Å². The van der Waals surface area contributed by atoms with Gasteiger partial charge in [-0.2, -0.15) is 0 Å². The van der Waals surface area contributed by atoms with Crippen LogP contribution in [0, 0.1) is 0 Å². The zero-order valence-corrected chi connectivity index (χ0v) is 18.7. The van der Waals surface area contributed by atoms with Crippen LogP contribution in [0.5, 0.6) is 0 Å². The van der Waals surface area contributed by atoms with Crippen LogP contribution in [0.3, 0.4) is 0 Å². The van der Waals surface area contributed by atoms with Gasteiger partial charge in [0.25, 0.3) is 0 Å². The van der Waals surface area contributed by atoms with Gasteiger partial charge in [0.1, 0.15) is 0 Å². The fourth-order valence-corrected chi connectivity index (χ4v) is 3.70. The van der Waals surface area contributed by atoms with Crippen LogP contribution in [0.2, 0.25) is 0 Å². The van der Waals surface area contributed by atoms with Gasteiger partial charge in [-0.15, -0.1) is 24.0 Å². The van der Waals surface area contributed by atoms with E-state index in [1.165, 1.54) is 38.5 Å². The average Bonchev–Trinajstić information content (AvgIpc) is 2.98. The number of piperazine rings is 1. The molecule has 27 heavy (non-hydrogen) atoms. The molecule has 0 unspecified atom stereocenters. The third kappa shape index (κ3) is 7.06. The van der Waals surface area contributed by atoms with Gasteiger partial charge in [0.05, 0.1) is 12.7 Å². The zero-order chi connectivity index (χ0) is 18.0. The Bertz CT molecular complexity index is 542. The number of aliphatic imine (C=N–C) groups is 1. The van der Waals surface area contributed by atoms with Crippen LogP contribution >= 0.6 is 24.0 Å². The van der Waals surface area contributed by atoms with Crippen LogP contribution in [-0.2, 0) is 4.74 Å². The summed E-state index contributed by atoms with van der Waals surface area (Å²) in [7, 11) is 1.85. The fourth-order valence-electron chi connectivity index (χ4n) is 3.70. The van der Waals surface area contributed by atoms with Crippen molar-refractivity contribution in [1.82, 2.24) is 20.2 Å². The SMILES string of the molecule is CN=C(NCCOC1CCCCCC1)N1CCN(c2ncccn2)CC1.I. The molecular formula is C19H33IN6O. The highest BCUT2D eigenvalue weighted by Gasteiger charge is 2.21. The van der Waals surface area contributed by atoms with Crippen molar-refractivity contribution in [3.05, 3.63) is 18.5 Å². The van der Waals surface area contributed by atoms with Gasteiger partial charge in [-0.05, 0) is 18.9 Å². The van der Waals surface area contributed by atoms with Gasteiger partial charge in [-0.1, -0.05) is 25.7 Å². The molecule has 152 valence electrons. The molecular weight excluding hydrogens is 455 g/mol. The summed E-state index contributed by atoms with van der Waals surface area (Å²) in [6.45, 7) is 5.21. The van der Waals surface area contributed by atoms with Crippen molar-refractivity contribution < 1.29 is 4.74 Å². The molecule has 0 atom stereocenters. The molecule has 1 aliphatic carbocycles. The molecule has 2 fully saturated rings. The Morgan fingerprint density at radius 2 is 1.78 bits per heavy atom. The molecule has 7 nitrogen and oxygen atoms in total. The van der Waals surface area contributed by atoms with Crippen LogP contribution in [0.1, 0.15) is 38.5 Å². The Morgan fingerprint density at radius 1 is 1.11 bits per heavy atom. The largest absolute Gasteiger partial charge is 0.376 e. The number of aromatic nitrogens is 2. The van der Waals surface area contributed by atoms with Crippen molar-refractivity contribution in [1.29, 1.82) is 0 Å². The predicted molar refractivity (Wildman–Crippen MR) is 120 cm³/mol. The van der Waals surface area contributed by atoms with Gasteiger partial charge in [0.15, 0.2) is 5.96 Å². The quantitative estimate of drug-likeness (QED) is 0.226. The maximum Gasteiger partial charge on any atom is 0.225 e. The van der Waals surface area contributed by atoms with Crippen molar-refractivity contribution >= 4 is 35.9 Å². The smallest absolute Gasteiger partial charge is 0.225 e. The fraction of sp³-hybridized carbons (Fsp3) is 0.737. The average molecular weight is 488 g/mol. The molecule has 0 radical (unpaired) electrons. The molecule has 0 spiro atoms. The number of rotatable bonds is 5. The first-order chi connectivity index (χ1) is 12.9. The minimum atomic E-state index is 0. The van der Waals surface area contributed by atoms with E-state index < -0.39 is 0 Å². The van der Waals surface area contributed by atoms with Gasteiger partial charge in [0, 0.05) is 52.2 Å². The van der Waals surface area contributed by atoms with E-state index in [2.05, 4.69) is 30.1 Å². The van der Waals surface area contributed by atoms with E-state index in [1.54, 1.807) is 12.4 Å². The Hall–Kier alpha value is -1.16. The lowest BCUT2D eigenvalue weighted by molar-refractivity contribution is 0.0465. The van der Waals surface area contributed by atoms with E-state index in [0.29, 0.717) is 6.10 Å². The summed E-state index contributed by atoms with van der Waals surface area (Å²) in [6, 6.07) is 1.85. The van der Waals surface area contributed by atoms with E-state index in [9.17, 15) is 0 Å². The molecule has 1 saturated heterocycles. The third-order valence-electron chi connectivity index (χ3n) is 5.17. The molecule has 2 aliphatic rings. The number of hydrogen-bond acceptors (Lipinski definition) is 5. The Labute approximate surface area is 180 Å². The highest BCUT2D eigenvalue weighted by molar-refractivity contribution is 14.0. The van der Waals surface area contributed by atoms with Crippen molar-refractivity contribution in [2.75, 3.05) is 51.3 Å².